The molecule has 0 N–H and O–H groups in total. The fourth-order valence-corrected chi connectivity index (χ4v) is 8.11. The van der Waals surface area contributed by atoms with Crippen LogP contribution in [0.25, 0.3) is 0 Å². The number of benzene rings is 1. The highest BCUT2D eigenvalue weighted by Crippen LogP contribution is 2.39. The van der Waals surface area contributed by atoms with Crippen LogP contribution < -0.4 is 0 Å². The first-order chi connectivity index (χ1) is 10.4. The molecule has 0 saturated heterocycles. The van der Waals surface area contributed by atoms with Gasteiger partial charge in [-0.25, -0.2) is 0 Å². The monoisotopic (exact) mass is 410 g/mol. The SMILES string of the molecule is CSc1sc(=S)sc1SCCOS(=O)(=O)c1ccc(C)cc1. The van der Waals surface area contributed by atoms with E-state index < -0.39 is 10.1 Å². The Hall–Kier alpha value is 0.1000. The number of thioether (sulfide) groups is 2. The van der Waals surface area contributed by atoms with Crippen molar-refractivity contribution in [2.24, 2.45) is 0 Å². The second kappa shape index (κ2) is 8.27. The molecule has 9 heteroatoms. The summed E-state index contributed by atoms with van der Waals surface area (Å²) in [6, 6.07) is 6.64. The van der Waals surface area contributed by atoms with E-state index in [1.165, 1.54) is 4.21 Å². The molecule has 0 saturated carbocycles. The first-order valence-electron chi connectivity index (χ1n) is 6.19. The summed E-state index contributed by atoms with van der Waals surface area (Å²) in [6.07, 6.45) is 2.01. The minimum absolute atomic E-state index is 0.143. The maximum atomic E-state index is 12.0. The van der Waals surface area contributed by atoms with Crippen LogP contribution in [-0.4, -0.2) is 27.0 Å². The second-order valence-electron chi connectivity index (χ2n) is 4.17. The van der Waals surface area contributed by atoms with Crippen molar-refractivity contribution >= 4 is 68.5 Å². The molecule has 3 nitrogen and oxygen atoms in total. The number of hydrogen-bond acceptors (Lipinski definition) is 8. The summed E-state index contributed by atoms with van der Waals surface area (Å²) in [7, 11) is -3.68. The van der Waals surface area contributed by atoms with E-state index in [4.69, 9.17) is 16.4 Å². The van der Waals surface area contributed by atoms with Crippen LogP contribution in [0.1, 0.15) is 5.56 Å². The van der Waals surface area contributed by atoms with Crippen molar-refractivity contribution in [2.75, 3.05) is 18.6 Å². The highest BCUT2D eigenvalue weighted by molar-refractivity contribution is 8.05. The molecule has 0 aliphatic heterocycles. The van der Waals surface area contributed by atoms with E-state index in [2.05, 4.69) is 0 Å². The zero-order chi connectivity index (χ0) is 16.2. The van der Waals surface area contributed by atoms with Crippen molar-refractivity contribution in [3.63, 3.8) is 0 Å². The predicted molar refractivity (Wildman–Crippen MR) is 99.9 cm³/mol. The minimum atomic E-state index is -3.68. The maximum absolute atomic E-state index is 12.0. The molecule has 0 atom stereocenters. The van der Waals surface area contributed by atoms with Crippen molar-refractivity contribution in [1.82, 2.24) is 0 Å². The molecule has 0 unspecified atom stereocenters. The van der Waals surface area contributed by atoms with Crippen LogP contribution in [0.15, 0.2) is 37.6 Å². The molecule has 2 aromatic rings. The number of aryl methyl sites for hydroxylation is 1. The molecule has 2 rings (SSSR count). The number of hydrogen-bond donors (Lipinski definition) is 0. The van der Waals surface area contributed by atoms with Gasteiger partial charge in [-0.2, -0.15) is 8.42 Å². The largest absolute Gasteiger partial charge is 0.296 e. The van der Waals surface area contributed by atoms with Crippen molar-refractivity contribution in [1.29, 1.82) is 0 Å². The zero-order valence-electron chi connectivity index (χ0n) is 11.9. The molecule has 120 valence electrons. The molecular formula is C13H14O3S6. The molecule has 1 aromatic carbocycles. The molecule has 0 bridgehead atoms. The second-order valence-corrected chi connectivity index (χ2v) is 11.4. The lowest BCUT2D eigenvalue weighted by molar-refractivity contribution is 0.341. The summed E-state index contributed by atoms with van der Waals surface area (Å²) in [5.41, 5.74) is 1.01. The summed E-state index contributed by atoms with van der Waals surface area (Å²) in [4.78, 5) is 0.194. The van der Waals surface area contributed by atoms with E-state index >= 15 is 0 Å². The standard InChI is InChI=1S/C13H14O3S6/c1-9-3-5-10(6-4-9)22(14,15)16-7-8-19-12-11(18-2)20-13(17)21-12/h3-6H,7-8H2,1-2H3. The average molecular weight is 411 g/mol. The summed E-state index contributed by atoms with van der Waals surface area (Å²) in [6.45, 7) is 2.05. The quantitative estimate of drug-likeness (QED) is 0.275. The molecule has 0 aliphatic carbocycles. The number of rotatable bonds is 7. The highest BCUT2D eigenvalue weighted by atomic mass is 32.2. The van der Waals surface area contributed by atoms with E-state index in [9.17, 15) is 8.42 Å². The van der Waals surface area contributed by atoms with Gasteiger partial charge >= 0.3 is 0 Å². The van der Waals surface area contributed by atoms with Crippen molar-refractivity contribution in [2.45, 2.75) is 20.2 Å². The van der Waals surface area contributed by atoms with E-state index in [1.54, 1.807) is 70.5 Å². The predicted octanol–water partition coefficient (Wildman–Crippen LogP) is 5.07. The Bertz CT molecular complexity index is 773. The Morgan fingerprint density at radius 2 is 1.82 bits per heavy atom. The van der Waals surface area contributed by atoms with Gasteiger partial charge in [-0.3, -0.25) is 4.18 Å². The molecule has 22 heavy (non-hydrogen) atoms. The van der Waals surface area contributed by atoms with Crippen LogP contribution in [-0.2, 0) is 14.3 Å². The third-order valence-electron chi connectivity index (χ3n) is 2.57. The van der Waals surface area contributed by atoms with Gasteiger partial charge in [-0.1, -0.05) is 29.9 Å². The van der Waals surface area contributed by atoms with Crippen LogP contribution >= 0.6 is 58.4 Å². The third-order valence-corrected chi connectivity index (χ3v) is 9.29. The van der Waals surface area contributed by atoms with Gasteiger partial charge < -0.3 is 0 Å². The average Bonchev–Trinajstić information content (AvgIpc) is 2.84. The van der Waals surface area contributed by atoms with Gasteiger partial charge in [-0.15, -0.1) is 46.2 Å². The lowest BCUT2D eigenvalue weighted by atomic mass is 10.2. The third kappa shape index (κ3) is 5.05. The Balaban J connectivity index is 1.90. The summed E-state index contributed by atoms with van der Waals surface area (Å²) in [5, 5.41) is 0. The summed E-state index contributed by atoms with van der Waals surface area (Å²) < 4.78 is 32.4. The van der Waals surface area contributed by atoms with E-state index in [0.717, 1.165) is 12.9 Å². The molecular weight excluding hydrogens is 397 g/mol. The fraction of sp³-hybridized carbons (Fsp3) is 0.308. The first kappa shape index (κ1) is 18.4. The Kier molecular flexibility index (Phi) is 6.93. The maximum Gasteiger partial charge on any atom is 0.296 e. The smallest absolute Gasteiger partial charge is 0.265 e. The molecule has 0 fully saturated rings. The Morgan fingerprint density at radius 3 is 2.45 bits per heavy atom. The molecule has 1 aromatic heterocycles. The van der Waals surface area contributed by atoms with Crippen molar-refractivity contribution in [3.05, 3.63) is 33.0 Å². The van der Waals surface area contributed by atoms with E-state index in [0.29, 0.717) is 5.75 Å². The van der Waals surface area contributed by atoms with Crippen molar-refractivity contribution < 1.29 is 12.6 Å². The van der Waals surface area contributed by atoms with Gasteiger partial charge in [0.15, 0.2) is 0 Å². The van der Waals surface area contributed by atoms with Crippen LogP contribution in [0.3, 0.4) is 0 Å². The molecule has 0 spiro atoms. The Morgan fingerprint density at radius 1 is 1.18 bits per heavy atom. The van der Waals surface area contributed by atoms with Gasteiger partial charge in [0, 0.05) is 5.75 Å². The highest BCUT2D eigenvalue weighted by Gasteiger charge is 2.15. The molecule has 1 heterocycles. The van der Waals surface area contributed by atoms with Crippen LogP contribution in [0, 0.1) is 10.1 Å². The minimum Gasteiger partial charge on any atom is -0.265 e. The van der Waals surface area contributed by atoms with Gasteiger partial charge in [0.1, 0.15) is 3.14 Å². The van der Waals surface area contributed by atoms with Gasteiger partial charge in [0.2, 0.25) is 0 Å². The topological polar surface area (TPSA) is 43.4 Å². The Labute approximate surface area is 152 Å². The van der Waals surface area contributed by atoms with Crippen LogP contribution in [0.5, 0.6) is 0 Å². The van der Waals surface area contributed by atoms with E-state index in [-0.39, 0.29) is 11.5 Å². The summed E-state index contributed by atoms with van der Waals surface area (Å²) >= 11 is 11.6. The molecule has 0 aliphatic rings. The first-order valence-corrected chi connectivity index (χ1v) is 11.8. The van der Waals surface area contributed by atoms with E-state index in [1.807, 2.05) is 13.2 Å². The van der Waals surface area contributed by atoms with Crippen LogP contribution in [0.2, 0.25) is 0 Å². The van der Waals surface area contributed by atoms with Gasteiger partial charge in [-0.05, 0) is 25.3 Å². The molecule has 0 radical (unpaired) electrons. The normalized spacial score (nSPS) is 11.7. The zero-order valence-corrected chi connectivity index (χ0v) is 16.8. The van der Waals surface area contributed by atoms with Gasteiger partial charge in [0.05, 0.1) is 19.9 Å². The lowest BCUT2D eigenvalue weighted by Gasteiger charge is -2.05. The summed E-state index contributed by atoms with van der Waals surface area (Å²) in [5.74, 6) is 0.570. The van der Waals surface area contributed by atoms with Crippen LogP contribution in [0.4, 0.5) is 0 Å². The molecule has 0 amide bonds. The van der Waals surface area contributed by atoms with Gasteiger partial charge in [0.25, 0.3) is 10.1 Å². The van der Waals surface area contributed by atoms with Crippen molar-refractivity contribution in [3.8, 4) is 0 Å². The fourth-order valence-electron chi connectivity index (χ4n) is 1.52. The lowest BCUT2D eigenvalue weighted by Crippen LogP contribution is -2.08.